The van der Waals surface area contributed by atoms with Crippen molar-refractivity contribution >= 4 is 27.3 Å². The second-order valence-corrected chi connectivity index (χ2v) is 9.38. The third-order valence-electron chi connectivity index (χ3n) is 4.55. The number of carbonyl (C=O) groups is 1. The van der Waals surface area contributed by atoms with Gasteiger partial charge in [-0.05, 0) is 43.2 Å². The Morgan fingerprint density at radius 2 is 1.90 bits per heavy atom. The number of carbonyl (C=O) groups excluding carboxylic acids is 1. The van der Waals surface area contributed by atoms with Crippen molar-refractivity contribution in [3.63, 3.8) is 0 Å². The second kappa shape index (κ2) is 8.97. The van der Waals surface area contributed by atoms with Gasteiger partial charge < -0.3 is 9.32 Å². The van der Waals surface area contributed by atoms with E-state index < -0.39 is 9.84 Å². The molecule has 0 aliphatic rings. The van der Waals surface area contributed by atoms with E-state index in [1.807, 2.05) is 13.0 Å². The van der Waals surface area contributed by atoms with E-state index in [-0.39, 0.29) is 29.1 Å². The van der Waals surface area contributed by atoms with Crippen LogP contribution >= 0.6 is 11.6 Å². The molecule has 3 rings (SSSR count). The number of benzene rings is 2. The summed E-state index contributed by atoms with van der Waals surface area (Å²) in [4.78, 5) is 14.9. The van der Waals surface area contributed by atoms with Crippen LogP contribution in [0.3, 0.4) is 0 Å². The molecule has 30 heavy (non-hydrogen) atoms. The summed E-state index contributed by atoms with van der Waals surface area (Å²) in [7, 11) is -3.43. The summed E-state index contributed by atoms with van der Waals surface area (Å²) in [5.74, 6) is 0.246. The Hall–Kier alpha value is -2.71. The number of hydrogen-bond acceptors (Lipinski definition) is 6. The SMILES string of the molecule is CCCN(Cc1nnc(-c2ccccc2Cl)o1)C(=O)c1cc(S(C)(=O)=O)ccc1C. The number of hydrogen-bond donors (Lipinski definition) is 0. The molecule has 7 nitrogen and oxygen atoms in total. The van der Waals surface area contributed by atoms with Gasteiger partial charge in [-0.15, -0.1) is 10.2 Å². The number of amides is 1. The molecule has 0 unspecified atom stereocenters. The molecule has 0 bridgehead atoms. The van der Waals surface area contributed by atoms with Crippen LogP contribution in [0.5, 0.6) is 0 Å². The molecule has 0 saturated heterocycles. The number of sulfone groups is 1. The number of aryl methyl sites for hydroxylation is 1. The fourth-order valence-electron chi connectivity index (χ4n) is 2.98. The van der Waals surface area contributed by atoms with Crippen molar-refractivity contribution < 1.29 is 17.6 Å². The minimum Gasteiger partial charge on any atom is -0.419 e. The van der Waals surface area contributed by atoms with E-state index in [0.29, 0.717) is 34.7 Å². The molecule has 158 valence electrons. The summed E-state index contributed by atoms with van der Waals surface area (Å²) in [6.45, 7) is 4.27. The molecule has 0 aliphatic carbocycles. The summed E-state index contributed by atoms with van der Waals surface area (Å²) >= 11 is 6.18. The fourth-order valence-corrected chi connectivity index (χ4v) is 3.84. The molecule has 0 saturated carbocycles. The maximum atomic E-state index is 13.2. The van der Waals surface area contributed by atoms with Crippen LogP contribution < -0.4 is 0 Å². The molecule has 1 aromatic heterocycles. The van der Waals surface area contributed by atoms with Crippen molar-refractivity contribution in [3.05, 3.63) is 64.5 Å². The largest absolute Gasteiger partial charge is 0.419 e. The monoisotopic (exact) mass is 447 g/mol. The van der Waals surface area contributed by atoms with Gasteiger partial charge in [0.25, 0.3) is 5.91 Å². The smallest absolute Gasteiger partial charge is 0.254 e. The third kappa shape index (κ3) is 4.88. The molecule has 2 aromatic carbocycles. The van der Waals surface area contributed by atoms with Gasteiger partial charge in [0.15, 0.2) is 9.84 Å². The van der Waals surface area contributed by atoms with Crippen LogP contribution in [0.2, 0.25) is 5.02 Å². The minimum absolute atomic E-state index is 0.103. The zero-order valence-corrected chi connectivity index (χ0v) is 18.5. The summed E-state index contributed by atoms with van der Waals surface area (Å²) in [6.07, 6.45) is 1.83. The Bertz CT molecular complexity index is 1170. The van der Waals surface area contributed by atoms with Gasteiger partial charge in [-0.3, -0.25) is 4.79 Å². The average molecular weight is 448 g/mol. The van der Waals surface area contributed by atoms with Gasteiger partial charge in [0.05, 0.1) is 22.0 Å². The zero-order chi connectivity index (χ0) is 21.9. The average Bonchev–Trinajstić information content (AvgIpc) is 3.15. The number of nitrogens with zero attached hydrogens (tertiary/aromatic N) is 3. The predicted octanol–water partition coefficient (Wildman–Crippen LogP) is 4.15. The van der Waals surface area contributed by atoms with Gasteiger partial charge in [0.2, 0.25) is 11.8 Å². The summed E-state index contributed by atoms with van der Waals surface area (Å²) < 4.78 is 29.5. The van der Waals surface area contributed by atoms with Crippen molar-refractivity contribution in [2.45, 2.75) is 31.7 Å². The lowest BCUT2D eigenvalue weighted by Crippen LogP contribution is -2.32. The van der Waals surface area contributed by atoms with E-state index in [0.717, 1.165) is 6.26 Å². The van der Waals surface area contributed by atoms with Gasteiger partial charge >= 0.3 is 0 Å². The molecular formula is C21H22ClN3O4S. The van der Waals surface area contributed by atoms with Crippen molar-refractivity contribution in [2.75, 3.05) is 12.8 Å². The van der Waals surface area contributed by atoms with Crippen LogP contribution in [0.15, 0.2) is 51.8 Å². The molecule has 0 radical (unpaired) electrons. The molecule has 3 aromatic rings. The highest BCUT2D eigenvalue weighted by Crippen LogP contribution is 2.27. The Morgan fingerprint density at radius 1 is 1.17 bits per heavy atom. The Morgan fingerprint density at radius 3 is 2.57 bits per heavy atom. The topological polar surface area (TPSA) is 93.4 Å². The second-order valence-electron chi connectivity index (χ2n) is 6.96. The maximum Gasteiger partial charge on any atom is 0.254 e. The van der Waals surface area contributed by atoms with Crippen LogP contribution in [0.25, 0.3) is 11.5 Å². The molecule has 1 heterocycles. The Kier molecular flexibility index (Phi) is 6.58. The number of rotatable bonds is 7. The quantitative estimate of drug-likeness (QED) is 0.540. The third-order valence-corrected chi connectivity index (χ3v) is 5.99. The van der Waals surface area contributed by atoms with Crippen LogP contribution in [0, 0.1) is 6.92 Å². The van der Waals surface area contributed by atoms with E-state index >= 15 is 0 Å². The van der Waals surface area contributed by atoms with E-state index in [9.17, 15) is 13.2 Å². The first-order chi connectivity index (χ1) is 14.2. The number of aromatic nitrogens is 2. The molecule has 0 spiro atoms. The highest BCUT2D eigenvalue weighted by molar-refractivity contribution is 7.90. The van der Waals surface area contributed by atoms with Crippen molar-refractivity contribution in [3.8, 4) is 11.5 Å². The standard InChI is InChI=1S/C21H22ClN3O4S/c1-4-11-25(21(26)17-12-15(30(3,27)28)10-9-14(17)2)13-19-23-24-20(29-19)16-7-5-6-8-18(16)22/h5-10,12H,4,11,13H2,1-3H3. The van der Waals surface area contributed by atoms with Gasteiger partial charge in [-0.2, -0.15) is 0 Å². The first kappa shape index (κ1) is 22.0. The molecule has 0 atom stereocenters. The number of halogens is 1. The minimum atomic E-state index is -3.43. The molecule has 0 fully saturated rings. The summed E-state index contributed by atoms with van der Waals surface area (Å²) in [6, 6.07) is 11.7. The van der Waals surface area contributed by atoms with E-state index in [1.54, 1.807) is 36.1 Å². The highest BCUT2D eigenvalue weighted by atomic mass is 35.5. The molecule has 0 aliphatic heterocycles. The molecule has 0 N–H and O–H groups in total. The van der Waals surface area contributed by atoms with Crippen LogP contribution in [0.4, 0.5) is 0 Å². The predicted molar refractivity (Wildman–Crippen MR) is 114 cm³/mol. The lowest BCUT2D eigenvalue weighted by molar-refractivity contribution is 0.0727. The summed E-state index contributed by atoms with van der Waals surface area (Å²) in [5.41, 5.74) is 1.64. The van der Waals surface area contributed by atoms with Crippen molar-refractivity contribution in [1.29, 1.82) is 0 Å². The summed E-state index contributed by atoms with van der Waals surface area (Å²) in [5, 5.41) is 8.57. The molecule has 9 heteroatoms. The highest BCUT2D eigenvalue weighted by Gasteiger charge is 2.22. The van der Waals surface area contributed by atoms with Crippen LogP contribution in [-0.4, -0.2) is 42.2 Å². The van der Waals surface area contributed by atoms with E-state index in [4.69, 9.17) is 16.0 Å². The Balaban J connectivity index is 1.89. The van der Waals surface area contributed by atoms with Crippen molar-refractivity contribution in [1.82, 2.24) is 15.1 Å². The molecular weight excluding hydrogens is 426 g/mol. The van der Waals surface area contributed by atoms with Crippen LogP contribution in [0.1, 0.15) is 35.2 Å². The van der Waals surface area contributed by atoms with Gasteiger partial charge in [-0.1, -0.05) is 36.7 Å². The van der Waals surface area contributed by atoms with Gasteiger partial charge in [-0.25, -0.2) is 8.42 Å². The normalized spacial score (nSPS) is 11.5. The maximum absolute atomic E-state index is 13.2. The fraction of sp³-hybridized carbons (Fsp3) is 0.286. The van der Waals surface area contributed by atoms with E-state index in [2.05, 4.69) is 10.2 Å². The first-order valence-electron chi connectivity index (χ1n) is 9.38. The van der Waals surface area contributed by atoms with Gasteiger partial charge in [0.1, 0.15) is 0 Å². The zero-order valence-electron chi connectivity index (χ0n) is 16.9. The van der Waals surface area contributed by atoms with Crippen LogP contribution in [-0.2, 0) is 16.4 Å². The van der Waals surface area contributed by atoms with E-state index in [1.165, 1.54) is 12.1 Å². The lowest BCUT2D eigenvalue weighted by atomic mass is 10.1. The molecule has 1 amide bonds. The van der Waals surface area contributed by atoms with Crippen molar-refractivity contribution in [2.24, 2.45) is 0 Å². The first-order valence-corrected chi connectivity index (χ1v) is 11.6. The van der Waals surface area contributed by atoms with Gasteiger partial charge in [0, 0.05) is 18.4 Å². The Labute approximate surface area is 180 Å². The lowest BCUT2D eigenvalue weighted by Gasteiger charge is -2.21.